The lowest BCUT2D eigenvalue weighted by Crippen LogP contribution is -2.23. The average Bonchev–Trinajstić information content (AvgIpc) is 2.78. The van der Waals surface area contributed by atoms with E-state index in [1.165, 1.54) is 6.08 Å². The number of hydrogen-bond acceptors (Lipinski definition) is 4. The molecular formula is C19H22N2O3. The maximum atomic E-state index is 12.3. The van der Waals surface area contributed by atoms with Crippen LogP contribution in [0.2, 0.25) is 0 Å². The standard InChI is InChI=1S/C19H22N2O3/c1-12-6-8-16(9-7-12)19(23)15(4)24-18(22)11-10-17-13(2)20-21(5)14(17)3/h6-11,15H,1-5H3/b11-10+/t15-/m1/s1. The lowest BCUT2D eigenvalue weighted by atomic mass is 10.1. The van der Waals surface area contributed by atoms with Gasteiger partial charge in [0.2, 0.25) is 5.78 Å². The fourth-order valence-corrected chi connectivity index (χ4v) is 2.40. The Labute approximate surface area is 141 Å². The predicted octanol–water partition coefficient (Wildman–Crippen LogP) is 3.17. The molecular weight excluding hydrogens is 304 g/mol. The highest BCUT2D eigenvalue weighted by Crippen LogP contribution is 2.14. The molecule has 0 spiro atoms. The van der Waals surface area contributed by atoms with Crippen LogP contribution < -0.4 is 0 Å². The Morgan fingerprint density at radius 1 is 1.17 bits per heavy atom. The van der Waals surface area contributed by atoms with Crippen molar-refractivity contribution in [3.8, 4) is 0 Å². The van der Waals surface area contributed by atoms with Crippen LogP contribution in [0, 0.1) is 20.8 Å². The first-order valence-electron chi connectivity index (χ1n) is 7.79. The lowest BCUT2D eigenvalue weighted by Gasteiger charge is -2.11. The van der Waals surface area contributed by atoms with Gasteiger partial charge in [-0.25, -0.2) is 4.79 Å². The Morgan fingerprint density at radius 3 is 2.33 bits per heavy atom. The molecule has 0 aliphatic carbocycles. The molecule has 0 aliphatic heterocycles. The second-order valence-electron chi connectivity index (χ2n) is 5.85. The number of ether oxygens (including phenoxy) is 1. The summed E-state index contributed by atoms with van der Waals surface area (Å²) < 4.78 is 6.96. The van der Waals surface area contributed by atoms with E-state index in [2.05, 4.69) is 5.10 Å². The number of carbonyl (C=O) groups excluding carboxylic acids is 2. The number of aromatic nitrogens is 2. The summed E-state index contributed by atoms with van der Waals surface area (Å²) in [5.74, 6) is -0.767. The molecule has 24 heavy (non-hydrogen) atoms. The average molecular weight is 326 g/mol. The van der Waals surface area contributed by atoms with Crippen LogP contribution in [0.5, 0.6) is 0 Å². The van der Waals surface area contributed by atoms with Gasteiger partial charge in [0.1, 0.15) is 0 Å². The van der Waals surface area contributed by atoms with Crippen LogP contribution >= 0.6 is 0 Å². The molecule has 0 bridgehead atoms. The van der Waals surface area contributed by atoms with Crippen molar-refractivity contribution in [1.29, 1.82) is 0 Å². The molecule has 5 heteroatoms. The highest BCUT2D eigenvalue weighted by atomic mass is 16.5. The minimum Gasteiger partial charge on any atom is -0.451 e. The van der Waals surface area contributed by atoms with Crippen LogP contribution in [0.1, 0.15) is 39.8 Å². The van der Waals surface area contributed by atoms with E-state index in [-0.39, 0.29) is 5.78 Å². The molecule has 0 N–H and O–H groups in total. The van der Waals surface area contributed by atoms with Crippen molar-refractivity contribution < 1.29 is 14.3 Å². The molecule has 0 fully saturated rings. The van der Waals surface area contributed by atoms with Crippen molar-refractivity contribution in [2.45, 2.75) is 33.8 Å². The van der Waals surface area contributed by atoms with Crippen molar-refractivity contribution >= 4 is 17.8 Å². The van der Waals surface area contributed by atoms with Gasteiger partial charge >= 0.3 is 5.97 Å². The highest BCUT2D eigenvalue weighted by molar-refractivity contribution is 6.01. The fourth-order valence-electron chi connectivity index (χ4n) is 2.40. The molecule has 0 amide bonds. The molecule has 1 heterocycles. The van der Waals surface area contributed by atoms with Crippen LogP contribution in [0.4, 0.5) is 0 Å². The highest BCUT2D eigenvalue weighted by Gasteiger charge is 2.18. The summed E-state index contributed by atoms with van der Waals surface area (Å²) in [6.45, 7) is 7.33. The van der Waals surface area contributed by atoms with Gasteiger partial charge in [-0.2, -0.15) is 5.10 Å². The minimum absolute atomic E-state index is 0.217. The second kappa shape index (κ2) is 7.25. The molecule has 2 aromatic rings. The van der Waals surface area contributed by atoms with E-state index in [4.69, 9.17) is 4.74 Å². The number of esters is 1. The third-order valence-corrected chi connectivity index (χ3v) is 3.95. The number of benzene rings is 1. The number of aryl methyl sites for hydroxylation is 3. The smallest absolute Gasteiger partial charge is 0.331 e. The first-order valence-corrected chi connectivity index (χ1v) is 7.79. The maximum Gasteiger partial charge on any atom is 0.331 e. The van der Waals surface area contributed by atoms with Gasteiger partial charge in [0.15, 0.2) is 6.10 Å². The van der Waals surface area contributed by atoms with Crippen LogP contribution in [-0.4, -0.2) is 27.6 Å². The van der Waals surface area contributed by atoms with Crippen molar-refractivity contribution in [2.75, 3.05) is 0 Å². The zero-order valence-corrected chi connectivity index (χ0v) is 14.7. The Balaban J connectivity index is 2.02. The molecule has 0 radical (unpaired) electrons. The van der Waals surface area contributed by atoms with E-state index in [1.54, 1.807) is 29.8 Å². The number of rotatable bonds is 5. The van der Waals surface area contributed by atoms with Gasteiger partial charge in [-0.3, -0.25) is 9.48 Å². The second-order valence-corrected chi connectivity index (χ2v) is 5.85. The van der Waals surface area contributed by atoms with E-state index >= 15 is 0 Å². The molecule has 0 aliphatic rings. The summed E-state index contributed by atoms with van der Waals surface area (Å²) in [4.78, 5) is 24.2. The summed E-state index contributed by atoms with van der Waals surface area (Å²) in [5, 5.41) is 4.28. The minimum atomic E-state index is -0.832. The van der Waals surface area contributed by atoms with E-state index < -0.39 is 12.1 Å². The van der Waals surface area contributed by atoms with Gasteiger partial charge < -0.3 is 4.74 Å². The fraction of sp³-hybridized carbons (Fsp3) is 0.316. The van der Waals surface area contributed by atoms with Gasteiger partial charge in [0.25, 0.3) is 0 Å². The summed E-state index contributed by atoms with van der Waals surface area (Å²) >= 11 is 0. The molecule has 5 nitrogen and oxygen atoms in total. The quantitative estimate of drug-likeness (QED) is 0.481. The van der Waals surface area contributed by atoms with Crippen LogP contribution in [0.25, 0.3) is 6.08 Å². The zero-order chi connectivity index (χ0) is 17.9. The summed E-state index contributed by atoms with van der Waals surface area (Å²) in [6.07, 6.45) is 2.17. The predicted molar refractivity (Wildman–Crippen MR) is 92.8 cm³/mol. The number of ketones is 1. The number of carbonyl (C=O) groups is 2. The largest absolute Gasteiger partial charge is 0.451 e. The van der Waals surface area contributed by atoms with E-state index in [9.17, 15) is 9.59 Å². The third-order valence-electron chi connectivity index (χ3n) is 3.95. The van der Waals surface area contributed by atoms with E-state index in [0.717, 1.165) is 22.5 Å². The maximum absolute atomic E-state index is 12.3. The lowest BCUT2D eigenvalue weighted by molar-refractivity contribution is -0.140. The molecule has 1 atom stereocenters. The van der Waals surface area contributed by atoms with Gasteiger partial charge in [-0.1, -0.05) is 29.8 Å². The van der Waals surface area contributed by atoms with E-state index in [0.29, 0.717) is 5.56 Å². The number of nitrogens with zero attached hydrogens (tertiary/aromatic N) is 2. The van der Waals surface area contributed by atoms with Crippen LogP contribution in [-0.2, 0) is 16.6 Å². The van der Waals surface area contributed by atoms with Crippen molar-refractivity contribution in [3.05, 3.63) is 58.4 Å². The SMILES string of the molecule is Cc1ccc(C(=O)[C@@H](C)OC(=O)/C=C/c2c(C)nn(C)c2C)cc1. The van der Waals surface area contributed by atoms with Gasteiger partial charge in [-0.15, -0.1) is 0 Å². The van der Waals surface area contributed by atoms with Crippen molar-refractivity contribution in [1.82, 2.24) is 9.78 Å². The van der Waals surface area contributed by atoms with E-state index in [1.807, 2.05) is 40.0 Å². The molecule has 0 saturated carbocycles. The zero-order valence-electron chi connectivity index (χ0n) is 14.7. The van der Waals surface area contributed by atoms with Gasteiger partial charge in [-0.05, 0) is 33.8 Å². The molecule has 0 unspecified atom stereocenters. The number of hydrogen-bond donors (Lipinski definition) is 0. The Morgan fingerprint density at radius 2 is 1.79 bits per heavy atom. The summed E-state index contributed by atoms with van der Waals surface area (Å²) in [7, 11) is 1.85. The first-order chi connectivity index (χ1) is 11.3. The molecule has 1 aromatic heterocycles. The monoisotopic (exact) mass is 326 g/mol. The third kappa shape index (κ3) is 3.98. The Kier molecular flexibility index (Phi) is 5.34. The normalized spacial score (nSPS) is 12.4. The van der Waals surface area contributed by atoms with Gasteiger partial charge in [0, 0.05) is 29.9 Å². The van der Waals surface area contributed by atoms with Gasteiger partial charge in [0.05, 0.1) is 5.69 Å². The van der Waals surface area contributed by atoms with Crippen LogP contribution in [0.15, 0.2) is 30.3 Å². The molecule has 2 rings (SSSR count). The molecule has 126 valence electrons. The van der Waals surface area contributed by atoms with Crippen LogP contribution in [0.3, 0.4) is 0 Å². The van der Waals surface area contributed by atoms with Crippen molar-refractivity contribution in [2.24, 2.45) is 7.05 Å². The topological polar surface area (TPSA) is 61.2 Å². The molecule has 1 aromatic carbocycles. The summed E-state index contributed by atoms with van der Waals surface area (Å²) in [5.41, 5.74) is 4.28. The molecule has 0 saturated heterocycles. The Hall–Kier alpha value is -2.69. The summed E-state index contributed by atoms with van der Waals surface area (Å²) in [6, 6.07) is 7.19. The first kappa shape index (κ1) is 17.7. The number of Topliss-reactive ketones (excluding diaryl/α,β-unsaturated/α-hetero) is 1. The van der Waals surface area contributed by atoms with Crippen molar-refractivity contribution in [3.63, 3.8) is 0 Å². The Bertz CT molecular complexity index is 786.